The highest BCUT2D eigenvalue weighted by atomic mass is 15.1. The number of nitrogen functional groups attached to an aromatic ring is 2. The van der Waals surface area contributed by atoms with Crippen LogP contribution in [-0.4, -0.2) is 19.1 Å². The molecule has 0 unspecified atom stereocenters. The smallest absolute Gasteiger partial charge is 0.146 e. The Kier molecular flexibility index (Phi) is 4.97. The van der Waals surface area contributed by atoms with Crippen LogP contribution in [0.3, 0.4) is 0 Å². The summed E-state index contributed by atoms with van der Waals surface area (Å²) >= 11 is 0. The fourth-order valence-corrected chi connectivity index (χ4v) is 5.09. The van der Waals surface area contributed by atoms with Gasteiger partial charge in [0.2, 0.25) is 0 Å². The van der Waals surface area contributed by atoms with Crippen LogP contribution in [0.4, 0.5) is 11.4 Å². The Labute approximate surface area is 219 Å². The number of benzene rings is 5. The molecule has 0 radical (unpaired) electrons. The van der Waals surface area contributed by atoms with E-state index in [0.29, 0.717) is 11.4 Å². The summed E-state index contributed by atoms with van der Waals surface area (Å²) in [4.78, 5) is 10.2. The number of rotatable bonds is 4. The first-order valence-electron chi connectivity index (χ1n) is 12.4. The van der Waals surface area contributed by atoms with Crippen LogP contribution in [0.1, 0.15) is 0 Å². The molecule has 4 N–H and O–H groups in total. The molecule has 0 aliphatic carbocycles. The molecule has 7 aromatic rings. The Balaban J connectivity index is 1.59. The molecule has 0 atom stereocenters. The van der Waals surface area contributed by atoms with Crippen molar-refractivity contribution in [2.24, 2.45) is 0 Å². The lowest BCUT2D eigenvalue weighted by molar-refractivity contribution is 1.08. The summed E-state index contributed by atoms with van der Waals surface area (Å²) in [7, 11) is 0. The summed E-state index contributed by atoms with van der Waals surface area (Å²) in [5, 5.41) is 0. The summed E-state index contributed by atoms with van der Waals surface area (Å²) in [6.45, 7) is 0. The molecule has 6 heteroatoms. The molecule has 0 bridgehead atoms. The lowest BCUT2D eigenvalue weighted by atomic mass is 10.0. The number of hydrogen-bond acceptors (Lipinski definition) is 4. The minimum atomic E-state index is 0.498. The molecule has 6 nitrogen and oxygen atoms in total. The zero-order valence-electron chi connectivity index (χ0n) is 20.5. The molecule has 2 heterocycles. The molecule has 0 amide bonds. The van der Waals surface area contributed by atoms with Gasteiger partial charge >= 0.3 is 0 Å². The molecular weight excluding hydrogens is 468 g/mol. The first-order valence-corrected chi connectivity index (χ1v) is 12.4. The van der Waals surface area contributed by atoms with Crippen LogP contribution in [0.25, 0.3) is 56.2 Å². The lowest BCUT2D eigenvalue weighted by Gasteiger charge is -2.16. The van der Waals surface area contributed by atoms with E-state index in [0.717, 1.165) is 56.2 Å². The second kappa shape index (κ2) is 8.64. The summed E-state index contributed by atoms with van der Waals surface area (Å²) in [5.74, 6) is 1.54. The third-order valence-corrected chi connectivity index (χ3v) is 6.86. The molecule has 0 fully saturated rings. The van der Waals surface area contributed by atoms with Crippen LogP contribution in [0, 0.1) is 0 Å². The van der Waals surface area contributed by atoms with E-state index < -0.39 is 0 Å². The zero-order chi connectivity index (χ0) is 25.6. The molecule has 2 aromatic heterocycles. The summed E-state index contributed by atoms with van der Waals surface area (Å²) < 4.78 is 4.33. The molecule has 0 aliphatic heterocycles. The van der Waals surface area contributed by atoms with Crippen molar-refractivity contribution >= 4 is 33.4 Å². The van der Waals surface area contributed by atoms with Gasteiger partial charge in [0.15, 0.2) is 0 Å². The van der Waals surface area contributed by atoms with Gasteiger partial charge in [-0.25, -0.2) is 9.97 Å². The van der Waals surface area contributed by atoms with Crippen molar-refractivity contribution in [2.45, 2.75) is 0 Å². The minimum absolute atomic E-state index is 0.498. The van der Waals surface area contributed by atoms with E-state index in [1.54, 1.807) is 0 Å². The highest BCUT2D eigenvalue weighted by Crippen LogP contribution is 2.40. The monoisotopic (exact) mass is 492 g/mol. The highest BCUT2D eigenvalue weighted by Gasteiger charge is 2.23. The third kappa shape index (κ3) is 3.43. The van der Waals surface area contributed by atoms with Crippen molar-refractivity contribution in [1.29, 1.82) is 0 Å². The van der Waals surface area contributed by atoms with Crippen LogP contribution in [0.2, 0.25) is 0 Å². The first-order chi connectivity index (χ1) is 18.7. The van der Waals surface area contributed by atoms with Crippen molar-refractivity contribution in [3.63, 3.8) is 0 Å². The quantitative estimate of drug-likeness (QED) is 0.263. The predicted octanol–water partition coefficient (Wildman–Crippen LogP) is 6.86. The maximum atomic E-state index is 6.42. The summed E-state index contributed by atoms with van der Waals surface area (Å²) in [6.07, 6.45) is 0. The van der Waals surface area contributed by atoms with E-state index >= 15 is 0 Å². The normalized spacial score (nSPS) is 11.4. The number of fused-ring (bicyclic) bond motifs is 2. The van der Waals surface area contributed by atoms with Crippen LogP contribution >= 0.6 is 0 Å². The van der Waals surface area contributed by atoms with E-state index in [-0.39, 0.29) is 0 Å². The van der Waals surface area contributed by atoms with Gasteiger partial charge in [0.1, 0.15) is 11.6 Å². The van der Waals surface area contributed by atoms with E-state index in [4.69, 9.17) is 21.4 Å². The number of aromatic nitrogens is 4. The standard InChI is InChI=1S/C32H24N6/c33-25-19-23(31-35-27-15-7-9-17-29(27)37(31)21-11-3-1-4-12-21)24(20-26(25)34)32-36-28-16-8-10-18-30(28)38(32)22-13-5-2-6-14-22/h1-20H,33-34H2. The summed E-state index contributed by atoms with van der Waals surface area (Å²) in [5.41, 5.74) is 21.4. The number of para-hydroxylation sites is 6. The fraction of sp³-hybridized carbons (Fsp3) is 0. The Morgan fingerprint density at radius 1 is 0.447 bits per heavy atom. The molecule has 5 aromatic carbocycles. The van der Waals surface area contributed by atoms with Gasteiger partial charge in [-0.15, -0.1) is 0 Å². The van der Waals surface area contributed by atoms with Gasteiger partial charge < -0.3 is 11.5 Å². The Morgan fingerprint density at radius 3 is 1.24 bits per heavy atom. The molecule has 7 rings (SSSR count). The Morgan fingerprint density at radius 2 is 0.816 bits per heavy atom. The Bertz CT molecular complexity index is 1790. The van der Waals surface area contributed by atoms with Gasteiger partial charge in [-0.2, -0.15) is 0 Å². The number of nitrogens with zero attached hydrogens (tertiary/aromatic N) is 4. The Hall–Kier alpha value is -5.36. The molecule has 0 spiro atoms. The molecule has 0 saturated heterocycles. The predicted molar refractivity (Wildman–Crippen MR) is 155 cm³/mol. The molecular formula is C32H24N6. The SMILES string of the molecule is Nc1cc(-c2nc3ccccc3n2-c2ccccc2)c(-c2nc3ccccc3n2-c2ccccc2)cc1N. The van der Waals surface area contributed by atoms with Crippen LogP contribution < -0.4 is 11.5 Å². The lowest BCUT2D eigenvalue weighted by Crippen LogP contribution is -2.04. The molecule has 0 aliphatic rings. The largest absolute Gasteiger partial charge is 0.397 e. The second-order valence-electron chi connectivity index (χ2n) is 9.22. The van der Waals surface area contributed by atoms with Crippen molar-refractivity contribution in [3.8, 4) is 34.2 Å². The van der Waals surface area contributed by atoms with E-state index in [1.165, 1.54) is 0 Å². The van der Waals surface area contributed by atoms with Gasteiger partial charge in [0.05, 0.1) is 33.4 Å². The van der Waals surface area contributed by atoms with Gasteiger partial charge in [0, 0.05) is 22.5 Å². The van der Waals surface area contributed by atoms with Crippen molar-refractivity contribution in [3.05, 3.63) is 121 Å². The first kappa shape index (κ1) is 21.9. The highest BCUT2D eigenvalue weighted by molar-refractivity contribution is 5.93. The van der Waals surface area contributed by atoms with E-state index in [2.05, 4.69) is 45.5 Å². The van der Waals surface area contributed by atoms with Gasteiger partial charge in [-0.05, 0) is 60.7 Å². The van der Waals surface area contributed by atoms with Crippen molar-refractivity contribution in [2.75, 3.05) is 11.5 Å². The maximum Gasteiger partial charge on any atom is 0.146 e. The van der Waals surface area contributed by atoms with Gasteiger partial charge in [-0.3, -0.25) is 9.13 Å². The topological polar surface area (TPSA) is 87.7 Å². The third-order valence-electron chi connectivity index (χ3n) is 6.86. The van der Waals surface area contributed by atoms with Crippen LogP contribution in [-0.2, 0) is 0 Å². The van der Waals surface area contributed by atoms with Crippen LogP contribution in [0.5, 0.6) is 0 Å². The van der Waals surface area contributed by atoms with Gasteiger partial charge in [-0.1, -0.05) is 60.7 Å². The van der Waals surface area contributed by atoms with Crippen molar-refractivity contribution < 1.29 is 0 Å². The average Bonchev–Trinajstić information content (AvgIpc) is 3.54. The molecule has 0 saturated carbocycles. The summed E-state index contributed by atoms with van der Waals surface area (Å²) in [6, 6.07) is 40.6. The number of nitrogens with two attached hydrogens (primary N) is 2. The van der Waals surface area contributed by atoms with E-state index in [1.807, 2.05) is 84.9 Å². The number of imidazole rings is 2. The number of hydrogen-bond donors (Lipinski definition) is 2. The number of anilines is 2. The second-order valence-corrected chi connectivity index (χ2v) is 9.22. The van der Waals surface area contributed by atoms with E-state index in [9.17, 15) is 0 Å². The molecule has 182 valence electrons. The maximum absolute atomic E-state index is 6.42. The fourth-order valence-electron chi connectivity index (χ4n) is 5.09. The minimum Gasteiger partial charge on any atom is -0.397 e. The van der Waals surface area contributed by atoms with Crippen LogP contribution in [0.15, 0.2) is 121 Å². The van der Waals surface area contributed by atoms with Gasteiger partial charge in [0.25, 0.3) is 0 Å². The van der Waals surface area contributed by atoms with Crippen molar-refractivity contribution in [1.82, 2.24) is 19.1 Å². The molecule has 38 heavy (non-hydrogen) atoms. The zero-order valence-corrected chi connectivity index (χ0v) is 20.5. The average molecular weight is 493 g/mol.